The minimum absolute atomic E-state index is 0.103. The molecule has 2 heterocycles. The first-order valence-electron chi connectivity index (χ1n) is 9.56. The summed E-state index contributed by atoms with van der Waals surface area (Å²) < 4.78 is 0. The van der Waals surface area contributed by atoms with Crippen LogP contribution in [0.2, 0.25) is 0 Å². The fourth-order valence-electron chi connectivity index (χ4n) is 4.12. The summed E-state index contributed by atoms with van der Waals surface area (Å²) in [7, 11) is 2.18. The molecule has 2 saturated heterocycles. The normalized spacial score (nSPS) is 25.4. The number of nitrogens with zero attached hydrogens (tertiary/aromatic N) is 3. The maximum Gasteiger partial charge on any atom is 0.255 e. The van der Waals surface area contributed by atoms with E-state index in [1.165, 1.54) is 6.42 Å². The SMILES string of the molecule is CSc1ccccc1C(=O)N1C[C@@H](CN2CCCN(C)CC2)[C@@H](CO)C1. The third-order valence-corrected chi connectivity index (χ3v) is 6.54. The number of likely N-dealkylation sites (N-methyl/N-ethyl adjacent to an activating group) is 1. The molecule has 2 fully saturated rings. The second-order valence-electron chi connectivity index (χ2n) is 7.57. The molecule has 0 aliphatic carbocycles. The van der Waals surface area contributed by atoms with Gasteiger partial charge in [-0.3, -0.25) is 4.79 Å². The van der Waals surface area contributed by atoms with E-state index in [0.29, 0.717) is 12.5 Å². The van der Waals surface area contributed by atoms with Gasteiger partial charge in [-0.2, -0.15) is 0 Å². The molecule has 144 valence electrons. The van der Waals surface area contributed by atoms with Gasteiger partial charge in [0.05, 0.1) is 5.56 Å². The van der Waals surface area contributed by atoms with E-state index in [-0.39, 0.29) is 18.4 Å². The summed E-state index contributed by atoms with van der Waals surface area (Å²) in [5, 5.41) is 9.87. The number of hydrogen-bond acceptors (Lipinski definition) is 5. The molecule has 1 aromatic rings. The molecule has 1 amide bonds. The first-order valence-corrected chi connectivity index (χ1v) is 10.8. The highest BCUT2D eigenvalue weighted by atomic mass is 32.2. The van der Waals surface area contributed by atoms with Gasteiger partial charge in [0.15, 0.2) is 0 Å². The lowest BCUT2D eigenvalue weighted by Crippen LogP contribution is -2.36. The highest BCUT2D eigenvalue weighted by molar-refractivity contribution is 7.98. The molecule has 1 aromatic carbocycles. The zero-order valence-corrected chi connectivity index (χ0v) is 16.7. The number of benzene rings is 1. The van der Waals surface area contributed by atoms with Crippen molar-refractivity contribution in [3.8, 4) is 0 Å². The molecule has 2 aliphatic rings. The van der Waals surface area contributed by atoms with Gasteiger partial charge in [0.25, 0.3) is 5.91 Å². The van der Waals surface area contributed by atoms with Gasteiger partial charge in [0.2, 0.25) is 0 Å². The molecule has 3 rings (SSSR count). The number of aliphatic hydroxyl groups is 1. The van der Waals surface area contributed by atoms with Crippen molar-refractivity contribution in [2.45, 2.75) is 11.3 Å². The molecular formula is C20H31N3O2S. The third kappa shape index (κ3) is 4.60. The lowest BCUT2D eigenvalue weighted by molar-refractivity contribution is 0.0775. The van der Waals surface area contributed by atoms with Crippen molar-refractivity contribution in [2.75, 3.05) is 65.7 Å². The van der Waals surface area contributed by atoms with Crippen LogP contribution < -0.4 is 0 Å². The summed E-state index contributed by atoms with van der Waals surface area (Å²) in [5.74, 6) is 0.640. The second kappa shape index (κ2) is 9.22. The van der Waals surface area contributed by atoms with E-state index >= 15 is 0 Å². The first kappa shape index (κ1) is 19.7. The summed E-state index contributed by atoms with van der Waals surface area (Å²) in [4.78, 5) is 20.9. The van der Waals surface area contributed by atoms with E-state index in [4.69, 9.17) is 0 Å². The van der Waals surface area contributed by atoms with Crippen LogP contribution >= 0.6 is 11.8 Å². The third-order valence-electron chi connectivity index (χ3n) is 5.74. The van der Waals surface area contributed by atoms with Gasteiger partial charge in [-0.1, -0.05) is 12.1 Å². The van der Waals surface area contributed by atoms with Gasteiger partial charge in [-0.25, -0.2) is 0 Å². The average molecular weight is 378 g/mol. The van der Waals surface area contributed by atoms with Crippen LogP contribution in [0.1, 0.15) is 16.8 Å². The fraction of sp³-hybridized carbons (Fsp3) is 0.650. The van der Waals surface area contributed by atoms with Crippen LogP contribution in [0.4, 0.5) is 0 Å². The molecule has 2 aliphatic heterocycles. The van der Waals surface area contributed by atoms with Gasteiger partial charge in [-0.05, 0) is 50.9 Å². The summed E-state index contributed by atoms with van der Waals surface area (Å²) in [5.41, 5.74) is 0.786. The van der Waals surface area contributed by atoms with Crippen molar-refractivity contribution in [1.29, 1.82) is 0 Å². The molecule has 6 heteroatoms. The summed E-state index contributed by atoms with van der Waals surface area (Å²) in [6, 6.07) is 7.82. The molecule has 0 bridgehead atoms. The Morgan fingerprint density at radius 1 is 1.15 bits per heavy atom. The number of aliphatic hydroxyl groups excluding tert-OH is 1. The van der Waals surface area contributed by atoms with Crippen LogP contribution in [-0.4, -0.2) is 91.4 Å². The van der Waals surface area contributed by atoms with Crippen molar-refractivity contribution in [3.05, 3.63) is 29.8 Å². The Morgan fingerprint density at radius 2 is 1.92 bits per heavy atom. The Hall–Kier alpha value is -1.08. The molecular weight excluding hydrogens is 346 g/mol. The zero-order valence-electron chi connectivity index (χ0n) is 15.9. The van der Waals surface area contributed by atoms with Gasteiger partial charge < -0.3 is 19.8 Å². The van der Waals surface area contributed by atoms with Gasteiger partial charge in [-0.15, -0.1) is 11.8 Å². The standard InChI is InChI=1S/C20H31N3O2S/c1-21-8-5-9-22(11-10-21)12-16-13-23(14-17(16)15-24)20(25)18-6-3-4-7-19(18)26-2/h3-4,6-7,16-17,24H,5,8-15H2,1-2H3/t16-,17-/m1/s1. The van der Waals surface area contributed by atoms with Crippen molar-refractivity contribution >= 4 is 17.7 Å². The van der Waals surface area contributed by atoms with E-state index in [0.717, 1.165) is 49.7 Å². The number of thioether (sulfide) groups is 1. The minimum Gasteiger partial charge on any atom is -0.396 e. The van der Waals surface area contributed by atoms with Crippen LogP contribution in [0.25, 0.3) is 0 Å². The smallest absolute Gasteiger partial charge is 0.255 e. The van der Waals surface area contributed by atoms with Crippen LogP contribution in [0, 0.1) is 11.8 Å². The number of carbonyl (C=O) groups excluding carboxylic acids is 1. The van der Waals surface area contributed by atoms with E-state index in [1.54, 1.807) is 11.8 Å². The summed E-state index contributed by atoms with van der Waals surface area (Å²) in [6.07, 6.45) is 3.20. The maximum absolute atomic E-state index is 13.0. The summed E-state index contributed by atoms with van der Waals surface area (Å²) >= 11 is 1.61. The second-order valence-corrected chi connectivity index (χ2v) is 8.42. The Morgan fingerprint density at radius 3 is 2.69 bits per heavy atom. The van der Waals surface area contributed by atoms with Crippen molar-refractivity contribution in [3.63, 3.8) is 0 Å². The van der Waals surface area contributed by atoms with E-state index in [9.17, 15) is 9.90 Å². The molecule has 0 radical (unpaired) electrons. The highest BCUT2D eigenvalue weighted by Crippen LogP contribution is 2.28. The monoisotopic (exact) mass is 377 g/mol. The molecule has 0 aromatic heterocycles. The molecule has 0 unspecified atom stereocenters. The Bertz CT molecular complexity index is 612. The van der Waals surface area contributed by atoms with Crippen LogP contribution in [0.15, 0.2) is 29.2 Å². The molecule has 5 nitrogen and oxygen atoms in total. The molecule has 2 atom stereocenters. The first-order chi connectivity index (χ1) is 12.6. The van der Waals surface area contributed by atoms with Gasteiger partial charge >= 0.3 is 0 Å². The number of amides is 1. The van der Waals surface area contributed by atoms with Crippen LogP contribution in [0.3, 0.4) is 0 Å². The number of rotatable bonds is 5. The predicted octanol–water partition coefficient (Wildman–Crippen LogP) is 1.73. The Kier molecular flexibility index (Phi) is 6.98. The fourth-order valence-corrected chi connectivity index (χ4v) is 4.71. The van der Waals surface area contributed by atoms with E-state index < -0.39 is 0 Å². The lowest BCUT2D eigenvalue weighted by Gasteiger charge is -2.26. The van der Waals surface area contributed by atoms with E-state index in [2.05, 4.69) is 16.8 Å². The zero-order chi connectivity index (χ0) is 18.5. The van der Waals surface area contributed by atoms with Crippen molar-refractivity contribution in [2.24, 2.45) is 11.8 Å². The van der Waals surface area contributed by atoms with Crippen LogP contribution in [0.5, 0.6) is 0 Å². The maximum atomic E-state index is 13.0. The Labute approximate surface area is 161 Å². The van der Waals surface area contributed by atoms with Crippen molar-refractivity contribution < 1.29 is 9.90 Å². The van der Waals surface area contributed by atoms with Crippen LogP contribution in [-0.2, 0) is 0 Å². The number of hydrogen-bond donors (Lipinski definition) is 1. The molecule has 0 saturated carbocycles. The number of carbonyl (C=O) groups is 1. The molecule has 0 spiro atoms. The average Bonchev–Trinajstić information content (AvgIpc) is 2.96. The molecule has 1 N–H and O–H groups in total. The quantitative estimate of drug-likeness (QED) is 0.792. The summed E-state index contributed by atoms with van der Waals surface area (Å²) in [6.45, 7) is 6.99. The molecule has 26 heavy (non-hydrogen) atoms. The lowest BCUT2D eigenvalue weighted by atomic mass is 9.96. The van der Waals surface area contributed by atoms with Crippen molar-refractivity contribution in [1.82, 2.24) is 14.7 Å². The Balaban J connectivity index is 1.65. The minimum atomic E-state index is 0.103. The number of likely N-dealkylation sites (tertiary alicyclic amines) is 1. The largest absolute Gasteiger partial charge is 0.396 e. The van der Waals surface area contributed by atoms with E-state index in [1.807, 2.05) is 35.4 Å². The van der Waals surface area contributed by atoms with Gasteiger partial charge in [0.1, 0.15) is 0 Å². The van der Waals surface area contributed by atoms with Gasteiger partial charge in [0, 0.05) is 50.1 Å². The predicted molar refractivity (Wildman–Crippen MR) is 107 cm³/mol. The highest BCUT2D eigenvalue weighted by Gasteiger charge is 2.36. The topological polar surface area (TPSA) is 47.0 Å².